The van der Waals surface area contributed by atoms with E-state index in [1.165, 1.54) is 0 Å². The molecule has 0 atom stereocenters. The van der Waals surface area contributed by atoms with Gasteiger partial charge in [0.1, 0.15) is 5.54 Å². The van der Waals surface area contributed by atoms with Gasteiger partial charge in [-0.05, 0) is 96.0 Å². The molecule has 1 aromatic carbocycles. The number of carbonyl (C=O) groups excluding carboxylic acids is 2. The van der Waals surface area contributed by atoms with Crippen LogP contribution in [-0.4, -0.2) is 59.6 Å². The molecule has 1 amide bonds. The Labute approximate surface area is 237 Å². The maximum Gasteiger partial charge on any atom is 0.325 e. The molecule has 4 rings (SSSR count). The summed E-state index contributed by atoms with van der Waals surface area (Å²) in [5, 5.41) is 3.03. The number of aromatic nitrogens is 1. The molecule has 1 aromatic heterocycles. The first-order valence-corrected chi connectivity index (χ1v) is 14.6. The number of hydrogen-bond acceptors (Lipinski definition) is 6. The number of amides is 1. The highest BCUT2D eigenvalue weighted by Crippen LogP contribution is 2.32. The second kappa shape index (κ2) is 12.9. The van der Waals surface area contributed by atoms with Crippen molar-refractivity contribution < 1.29 is 14.3 Å². The summed E-state index contributed by atoms with van der Waals surface area (Å²) in [6, 6.07) is 8.26. The number of piperidine rings is 1. The number of fused-ring (bicyclic) bond motifs is 2. The van der Waals surface area contributed by atoms with Crippen molar-refractivity contribution in [3.63, 3.8) is 0 Å². The lowest BCUT2D eigenvalue weighted by Crippen LogP contribution is -2.56. The fourth-order valence-electron chi connectivity index (χ4n) is 6.09. The summed E-state index contributed by atoms with van der Waals surface area (Å²) >= 11 is 0. The van der Waals surface area contributed by atoms with E-state index in [0.29, 0.717) is 30.2 Å². The number of hydrogen-bond donors (Lipinski definition) is 2. The molecule has 0 unspecified atom stereocenters. The summed E-state index contributed by atoms with van der Waals surface area (Å²) in [6.45, 7) is 12.8. The number of allylic oxidation sites excluding steroid dienone is 2. The van der Waals surface area contributed by atoms with Gasteiger partial charge in [0.25, 0.3) is 11.5 Å². The molecule has 2 N–H and O–H groups in total. The van der Waals surface area contributed by atoms with E-state index >= 15 is 0 Å². The molecule has 0 bridgehead atoms. The molecule has 3 heterocycles. The van der Waals surface area contributed by atoms with Gasteiger partial charge in [-0.25, -0.2) is 0 Å². The second-order valence-corrected chi connectivity index (χ2v) is 11.3. The van der Waals surface area contributed by atoms with Crippen molar-refractivity contribution in [2.75, 3.05) is 31.1 Å². The molecule has 2 aliphatic heterocycles. The first kappa shape index (κ1) is 29.6. The van der Waals surface area contributed by atoms with Crippen LogP contribution in [0.2, 0.25) is 0 Å². The summed E-state index contributed by atoms with van der Waals surface area (Å²) in [4.78, 5) is 46.3. The summed E-state index contributed by atoms with van der Waals surface area (Å²) in [7, 11) is 0. The lowest BCUT2D eigenvalue weighted by molar-refractivity contribution is -0.156. The van der Waals surface area contributed by atoms with E-state index in [2.05, 4.69) is 45.2 Å². The molecule has 0 radical (unpaired) electrons. The zero-order valence-corrected chi connectivity index (χ0v) is 24.6. The molecule has 2 aliphatic rings. The smallest absolute Gasteiger partial charge is 0.325 e. The average molecular weight is 549 g/mol. The van der Waals surface area contributed by atoms with Crippen LogP contribution in [0, 0.1) is 6.92 Å². The number of carbonyl (C=O) groups is 2. The number of aryl methyl sites for hydroxylation is 2. The van der Waals surface area contributed by atoms with Crippen LogP contribution in [0.25, 0.3) is 0 Å². The molecule has 8 heteroatoms. The van der Waals surface area contributed by atoms with Gasteiger partial charge in [0.2, 0.25) is 0 Å². The number of benzene rings is 1. The van der Waals surface area contributed by atoms with E-state index in [1.807, 2.05) is 45.9 Å². The minimum Gasteiger partial charge on any atom is -0.465 e. The third-order valence-corrected chi connectivity index (χ3v) is 8.37. The summed E-state index contributed by atoms with van der Waals surface area (Å²) < 4.78 is 5.33. The lowest BCUT2D eigenvalue weighted by atomic mass is 9.93. The minimum absolute atomic E-state index is 0.139. The van der Waals surface area contributed by atoms with E-state index in [9.17, 15) is 14.4 Å². The van der Waals surface area contributed by atoms with Crippen molar-refractivity contribution in [1.29, 1.82) is 0 Å². The van der Waals surface area contributed by atoms with E-state index in [-0.39, 0.29) is 24.0 Å². The number of nitrogens with zero attached hydrogens (tertiary/aromatic N) is 2. The molecular formula is C32H44N4O4. The van der Waals surface area contributed by atoms with Crippen LogP contribution >= 0.6 is 0 Å². The van der Waals surface area contributed by atoms with Crippen LogP contribution < -0.4 is 15.8 Å². The van der Waals surface area contributed by atoms with E-state index in [1.54, 1.807) is 0 Å². The maximum atomic E-state index is 13.5. The van der Waals surface area contributed by atoms with E-state index < -0.39 is 5.54 Å². The zero-order valence-electron chi connectivity index (χ0n) is 24.6. The van der Waals surface area contributed by atoms with Crippen LogP contribution in [0.3, 0.4) is 0 Å². The number of rotatable bonds is 6. The van der Waals surface area contributed by atoms with Crippen LogP contribution in [0.15, 0.2) is 41.2 Å². The predicted octanol–water partition coefficient (Wildman–Crippen LogP) is 4.29. The van der Waals surface area contributed by atoms with Gasteiger partial charge < -0.3 is 19.9 Å². The van der Waals surface area contributed by atoms with Crippen LogP contribution in [0.5, 0.6) is 0 Å². The molecule has 40 heavy (non-hydrogen) atoms. The Morgan fingerprint density at radius 2 is 1.88 bits per heavy atom. The Morgan fingerprint density at radius 1 is 1.12 bits per heavy atom. The number of pyridine rings is 1. The van der Waals surface area contributed by atoms with Gasteiger partial charge in [-0.3, -0.25) is 19.3 Å². The highest BCUT2D eigenvalue weighted by atomic mass is 16.5. The van der Waals surface area contributed by atoms with Crippen LogP contribution in [0.1, 0.15) is 79.7 Å². The zero-order chi connectivity index (χ0) is 28.9. The normalized spacial score (nSPS) is 18.0. The minimum atomic E-state index is -0.657. The van der Waals surface area contributed by atoms with E-state index in [0.717, 1.165) is 67.8 Å². The molecule has 1 saturated heterocycles. The lowest BCUT2D eigenvalue weighted by Gasteiger charge is -2.44. The van der Waals surface area contributed by atoms with Crippen molar-refractivity contribution in [2.24, 2.45) is 0 Å². The van der Waals surface area contributed by atoms with Crippen LogP contribution in [0.4, 0.5) is 5.69 Å². The SMILES string of the molecule is CCOC(=O)C(C)(C)N1CCC(N(CC)c2cccc3c2C/C=C\CCc2cc(C)[nH]c(=O)c2CNC3=O)CC1. The number of likely N-dealkylation sites (tertiary alicyclic amines) is 1. The number of anilines is 1. The maximum absolute atomic E-state index is 13.5. The molecule has 1 fully saturated rings. The van der Waals surface area contributed by atoms with Gasteiger partial charge in [0, 0.05) is 54.7 Å². The third kappa shape index (κ3) is 6.33. The van der Waals surface area contributed by atoms with E-state index in [4.69, 9.17) is 4.74 Å². The first-order valence-electron chi connectivity index (χ1n) is 14.6. The third-order valence-electron chi connectivity index (χ3n) is 8.37. The van der Waals surface area contributed by atoms with Crippen molar-refractivity contribution in [3.05, 3.63) is 74.7 Å². The Balaban J connectivity index is 1.58. The number of ether oxygens (including phenoxy) is 1. The molecule has 0 saturated carbocycles. The number of aromatic amines is 1. The quantitative estimate of drug-likeness (QED) is 0.413. The van der Waals surface area contributed by atoms with Crippen molar-refractivity contribution in [2.45, 2.75) is 84.8 Å². The number of H-pyrrole nitrogens is 1. The van der Waals surface area contributed by atoms with Gasteiger partial charge in [-0.2, -0.15) is 0 Å². The van der Waals surface area contributed by atoms with Gasteiger partial charge in [0.05, 0.1) is 6.61 Å². The Hall–Kier alpha value is -3.39. The Kier molecular flexibility index (Phi) is 9.51. The molecule has 2 aromatic rings. The average Bonchev–Trinajstić information content (AvgIpc) is 2.92. The first-order chi connectivity index (χ1) is 19.2. The van der Waals surface area contributed by atoms with Gasteiger partial charge in [-0.1, -0.05) is 18.2 Å². The van der Waals surface area contributed by atoms with Crippen molar-refractivity contribution >= 4 is 17.6 Å². The van der Waals surface area contributed by atoms with Crippen LogP contribution in [-0.2, 0) is 28.9 Å². The van der Waals surface area contributed by atoms with Gasteiger partial charge in [-0.15, -0.1) is 0 Å². The van der Waals surface area contributed by atoms with Gasteiger partial charge in [0.15, 0.2) is 0 Å². The Morgan fingerprint density at radius 3 is 2.58 bits per heavy atom. The molecule has 0 aliphatic carbocycles. The fourth-order valence-corrected chi connectivity index (χ4v) is 6.09. The highest BCUT2D eigenvalue weighted by Gasteiger charge is 2.39. The number of esters is 1. The monoisotopic (exact) mass is 548 g/mol. The summed E-state index contributed by atoms with van der Waals surface area (Å²) in [5.74, 6) is -0.347. The van der Waals surface area contributed by atoms with Crippen molar-refractivity contribution in [1.82, 2.24) is 15.2 Å². The Bertz CT molecular complexity index is 1300. The standard InChI is InChI=1S/C32H44N4O4/c1-6-36(24-16-18-35(19-17-24)32(4,5)31(39)40-7-2)28-15-11-14-26-25(28)13-10-8-9-12-23-20-22(3)34-30(38)27(23)21-33-29(26)37/h8,10-11,14-15,20,24H,6-7,9,12-13,16-19,21H2,1-5H3,(H,33,37)(H,34,38)/b10-8-. The number of nitrogens with one attached hydrogen (secondary N) is 2. The van der Waals surface area contributed by atoms with Gasteiger partial charge >= 0.3 is 5.97 Å². The second-order valence-electron chi connectivity index (χ2n) is 11.3. The molecule has 216 valence electrons. The molecule has 0 spiro atoms. The van der Waals surface area contributed by atoms with Crippen molar-refractivity contribution in [3.8, 4) is 0 Å². The summed E-state index contributed by atoms with van der Waals surface area (Å²) in [6.07, 6.45) is 8.38. The molecular weight excluding hydrogens is 504 g/mol. The highest BCUT2D eigenvalue weighted by molar-refractivity contribution is 5.97. The largest absolute Gasteiger partial charge is 0.465 e. The summed E-state index contributed by atoms with van der Waals surface area (Å²) in [5.41, 5.74) is 4.37. The molecule has 8 nitrogen and oxygen atoms in total. The fraction of sp³-hybridized carbons (Fsp3) is 0.531. The topological polar surface area (TPSA) is 94.7 Å². The predicted molar refractivity (Wildman–Crippen MR) is 159 cm³/mol.